The van der Waals surface area contributed by atoms with Gasteiger partial charge in [-0.05, 0) is 50.9 Å². The summed E-state index contributed by atoms with van der Waals surface area (Å²) in [5, 5.41) is 12.2. The third-order valence-corrected chi connectivity index (χ3v) is 3.38. The van der Waals surface area contributed by atoms with E-state index in [0.29, 0.717) is 6.42 Å². The van der Waals surface area contributed by atoms with Crippen LogP contribution in [-0.4, -0.2) is 30.9 Å². The van der Waals surface area contributed by atoms with Crippen LogP contribution in [0.3, 0.4) is 0 Å². The molecule has 1 rings (SSSR count). The molecular formula is C14H21F2NO2. The number of aliphatic hydroxyl groups excluding tert-OH is 1. The number of rotatable bonds is 8. The Balaban J connectivity index is 2.53. The van der Waals surface area contributed by atoms with Crippen molar-refractivity contribution in [3.05, 3.63) is 29.8 Å². The van der Waals surface area contributed by atoms with Crippen LogP contribution in [0, 0.1) is 0 Å². The van der Waals surface area contributed by atoms with Crippen LogP contribution in [0.2, 0.25) is 0 Å². The molecule has 0 bridgehead atoms. The van der Waals surface area contributed by atoms with Crippen molar-refractivity contribution >= 4 is 0 Å². The molecule has 1 aromatic carbocycles. The van der Waals surface area contributed by atoms with Gasteiger partial charge in [0.25, 0.3) is 0 Å². The summed E-state index contributed by atoms with van der Waals surface area (Å²) in [5.74, 6) is 0.172. The number of aryl methyl sites for hydroxylation is 1. The van der Waals surface area contributed by atoms with Crippen LogP contribution in [0.5, 0.6) is 5.75 Å². The van der Waals surface area contributed by atoms with E-state index in [9.17, 15) is 8.78 Å². The lowest BCUT2D eigenvalue weighted by Gasteiger charge is -2.28. The van der Waals surface area contributed by atoms with Crippen molar-refractivity contribution in [3.63, 3.8) is 0 Å². The Morgan fingerprint density at radius 1 is 1.26 bits per heavy atom. The molecule has 0 spiro atoms. The van der Waals surface area contributed by atoms with Crippen LogP contribution in [0.4, 0.5) is 8.78 Å². The first-order valence-electron chi connectivity index (χ1n) is 6.32. The molecule has 1 unspecified atom stereocenters. The van der Waals surface area contributed by atoms with Crippen molar-refractivity contribution < 1.29 is 18.6 Å². The summed E-state index contributed by atoms with van der Waals surface area (Å²) in [6.45, 7) is -0.598. The fraction of sp³-hybridized carbons (Fsp3) is 0.571. The average Bonchev–Trinajstić information content (AvgIpc) is 2.38. The number of hydrogen-bond acceptors (Lipinski definition) is 3. The number of benzene rings is 1. The molecule has 0 aliphatic rings. The molecule has 108 valence electrons. The second-order valence-corrected chi connectivity index (χ2v) is 4.81. The van der Waals surface area contributed by atoms with Crippen LogP contribution in [0.25, 0.3) is 0 Å². The number of nitrogens with one attached hydrogen (secondary N) is 1. The number of hydrogen-bond donors (Lipinski definition) is 2. The van der Waals surface area contributed by atoms with Crippen LogP contribution >= 0.6 is 0 Å². The summed E-state index contributed by atoms with van der Waals surface area (Å²) >= 11 is 0. The summed E-state index contributed by atoms with van der Waals surface area (Å²) in [4.78, 5) is 0. The van der Waals surface area contributed by atoms with Gasteiger partial charge in [0.05, 0.1) is 0 Å². The van der Waals surface area contributed by atoms with Crippen molar-refractivity contribution in [1.82, 2.24) is 5.32 Å². The highest BCUT2D eigenvalue weighted by Gasteiger charge is 2.20. The van der Waals surface area contributed by atoms with Crippen LogP contribution in [-0.2, 0) is 6.42 Å². The summed E-state index contributed by atoms with van der Waals surface area (Å²) in [7, 11) is 1.87. The van der Waals surface area contributed by atoms with Crippen LogP contribution in [0.1, 0.15) is 25.3 Å². The zero-order chi connectivity index (χ0) is 14.3. The van der Waals surface area contributed by atoms with Gasteiger partial charge in [-0.1, -0.05) is 12.1 Å². The Bertz CT molecular complexity index is 370. The summed E-state index contributed by atoms with van der Waals surface area (Å²) in [5.41, 5.74) is 0.938. The third-order valence-electron chi connectivity index (χ3n) is 3.38. The molecule has 0 radical (unpaired) electrons. The SMILES string of the molecule is CNC(C)(CCO)CCc1ccc(OC(F)F)cc1. The Morgan fingerprint density at radius 2 is 1.89 bits per heavy atom. The lowest BCUT2D eigenvalue weighted by atomic mass is 9.90. The fourth-order valence-corrected chi connectivity index (χ4v) is 1.88. The highest BCUT2D eigenvalue weighted by atomic mass is 19.3. The van der Waals surface area contributed by atoms with Crippen LogP contribution in [0.15, 0.2) is 24.3 Å². The highest BCUT2D eigenvalue weighted by Crippen LogP contribution is 2.20. The zero-order valence-corrected chi connectivity index (χ0v) is 11.3. The van der Waals surface area contributed by atoms with Gasteiger partial charge in [-0.3, -0.25) is 0 Å². The van der Waals surface area contributed by atoms with E-state index in [1.54, 1.807) is 24.3 Å². The summed E-state index contributed by atoms with van der Waals surface area (Å²) in [6.07, 6.45) is 2.35. The number of ether oxygens (including phenoxy) is 1. The standard InChI is InChI=1S/C14H21F2NO2/c1-14(17-2,9-10-18)8-7-11-3-5-12(6-4-11)19-13(15)16/h3-6,13,17-18H,7-10H2,1-2H3. The molecule has 3 nitrogen and oxygen atoms in total. The van der Waals surface area contributed by atoms with E-state index in [1.807, 2.05) is 7.05 Å². The van der Waals surface area contributed by atoms with Crippen molar-refractivity contribution in [2.24, 2.45) is 0 Å². The molecule has 0 aromatic heterocycles. The van der Waals surface area contributed by atoms with Crippen molar-refractivity contribution in [2.45, 2.75) is 38.3 Å². The van der Waals surface area contributed by atoms with Crippen LogP contribution < -0.4 is 10.1 Å². The molecule has 1 atom stereocenters. The first-order valence-corrected chi connectivity index (χ1v) is 6.32. The van der Waals surface area contributed by atoms with Gasteiger partial charge in [0.15, 0.2) is 0 Å². The predicted molar refractivity (Wildman–Crippen MR) is 70.6 cm³/mol. The topological polar surface area (TPSA) is 41.5 Å². The van der Waals surface area contributed by atoms with E-state index in [2.05, 4.69) is 17.0 Å². The van der Waals surface area contributed by atoms with E-state index in [0.717, 1.165) is 18.4 Å². The summed E-state index contributed by atoms with van der Waals surface area (Å²) < 4.78 is 28.3. The lowest BCUT2D eigenvalue weighted by molar-refractivity contribution is -0.0498. The van der Waals surface area contributed by atoms with E-state index in [4.69, 9.17) is 5.11 Å². The van der Waals surface area contributed by atoms with Crippen molar-refractivity contribution in [2.75, 3.05) is 13.7 Å². The number of alkyl halides is 2. The largest absolute Gasteiger partial charge is 0.435 e. The quantitative estimate of drug-likeness (QED) is 0.765. The van der Waals surface area contributed by atoms with E-state index < -0.39 is 6.61 Å². The van der Waals surface area contributed by atoms with E-state index in [1.165, 1.54) is 0 Å². The number of aliphatic hydroxyl groups is 1. The minimum atomic E-state index is -2.79. The molecule has 0 aliphatic carbocycles. The second kappa shape index (κ2) is 7.40. The Morgan fingerprint density at radius 3 is 2.37 bits per heavy atom. The predicted octanol–water partition coefficient (Wildman–Crippen LogP) is 2.58. The maximum absolute atomic E-state index is 12.0. The molecular weight excluding hydrogens is 252 g/mol. The van der Waals surface area contributed by atoms with Gasteiger partial charge in [0, 0.05) is 12.1 Å². The van der Waals surface area contributed by atoms with Gasteiger partial charge in [-0.25, -0.2) is 0 Å². The lowest BCUT2D eigenvalue weighted by Crippen LogP contribution is -2.41. The monoisotopic (exact) mass is 273 g/mol. The minimum absolute atomic E-state index is 0.118. The molecule has 0 amide bonds. The van der Waals surface area contributed by atoms with E-state index >= 15 is 0 Å². The molecule has 0 saturated carbocycles. The average molecular weight is 273 g/mol. The molecule has 1 aromatic rings. The Kier molecular flexibility index (Phi) is 6.18. The first-order chi connectivity index (χ1) is 8.99. The van der Waals surface area contributed by atoms with Crippen molar-refractivity contribution in [1.29, 1.82) is 0 Å². The van der Waals surface area contributed by atoms with Gasteiger partial charge in [-0.2, -0.15) is 8.78 Å². The Hall–Kier alpha value is -1.20. The first kappa shape index (κ1) is 15.9. The Labute approximate surface area is 112 Å². The van der Waals surface area contributed by atoms with Gasteiger partial charge in [-0.15, -0.1) is 0 Å². The molecule has 5 heteroatoms. The van der Waals surface area contributed by atoms with Crippen molar-refractivity contribution in [3.8, 4) is 5.75 Å². The maximum Gasteiger partial charge on any atom is 0.387 e. The van der Waals surface area contributed by atoms with E-state index in [-0.39, 0.29) is 17.9 Å². The molecule has 2 N–H and O–H groups in total. The highest BCUT2D eigenvalue weighted by molar-refractivity contribution is 5.27. The molecule has 0 saturated heterocycles. The maximum atomic E-state index is 12.0. The third kappa shape index (κ3) is 5.53. The fourth-order valence-electron chi connectivity index (χ4n) is 1.88. The molecule has 0 heterocycles. The van der Waals surface area contributed by atoms with Gasteiger partial charge in [0.2, 0.25) is 0 Å². The molecule has 0 aliphatic heterocycles. The normalized spacial score (nSPS) is 14.4. The molecule has 19 heavy (non-hydrogen) atoms. The minimum Gasteiger partial charge on any atom is -0.435 e. The van der Waals surface area contributed by atoms with Gasteiger partial charge < -0.3 is 15.2 Å². The van der Waals surface area contributed by atoms with Gasteiger partial charge in [0.1, 0.15) is 5.75 Å². The number of halogens is 2. The van der Waals surface area contributed by atoms with Gasteiger partial charge >= 0.3 is 6.61 Å². The second-order valence-electron chi connectivity index (χ2n) is 4.81. The smallest absolute Gasteiger partial charge is 0.387 e. The summed E-state index contributed by atoms with van der Waals surface area (Å²) in [6, 6.07) is 6.66. The molecule has 0 fully saturated rings. The zero-order valence-electron chi connectivity index (χ0n) is 11.3.